The van der Waals surface area contributed by atoms with Gasteiger partial charge < -0.3 is 9.42 Å². The molecule has 1 aliphatic heterocycles. The van der Waals surface area contributed by atoms with Gasteiger partial charge in [-0.25, -0.2) is 8.42 Å². The lowest BCUT2D eigenvalue weighted by Crippen LogP contribution is -2.48. The first-order chi connectivity index (χ1) is 14.8. The van der Waals surface area contributed by atoms with E-state index in [2.05, 4.69) is 10.1 Å². The van der Waals surface area contributed by atoms with Crippen LogP contribution in [0.4, 0.5) is 5.69 Å². The Labute approximate surface area is 188 Å². The van der Waals surface area contributed by atoms with Crippen molar-refractivity contribution in [2.24, 2.45) is 0 Å². The van der Waals surface area contributed by atoms with E-state index in [9.17, 15) is 8.42 Å². The van der Waals surface area contributed by atoms with E-state index in [1.807, 2.05) is 63.2 Å². The van der Waals surface area contributed by atoms with Crippen LogP contribution in [0.1, 0.15) is 31.0 Å². The Bertz CT molecular complexity index is 1180. The van der Waals surface area contributed by atoms with E-state index < -0.39 is 10.0 Å². The monoisotopic (exact) mass is 459 g/mol. The lowest BCUT2D eigenvalue weighted by molar-refractivity contribution is 0.384. The van der Waals surface area contributed by atoms with Gasteiger partial charge in [-0.05, 0) is 42.7 Å². The highest BCUT2D eigenvalue weighted by molar-refractivity contribution is 7.89. The van der Waals surface area contributed by atoms with Gasteiger partial charge in [0.2, 0.25) is 10.0 Å². The molecule has 6 nitrogen and oxygen atoms in total. The van der Waals surface area contributed by atoms with Crippen molar-refractivity contribution in [1.82, 2.24) is 9.46 Å². The Hall–Kier alpha value is -2.35. The number of sulfonamides is 1. The van der Waals surface area contributed by atoms with Crippen LogP contribution in [-0.4, -0.2) is 44.1 Å². The number of piperazine rings is 1. The summed E-state index contributed by atoms with van der Waals surface area (Å²) in [4.78, 5) is 2.50. The fourth-order valence-corrected chi connectivity index (χ4v) is 5.87. The highest BCUT2D eigenvalue weighted by Gasteiger charge is 2.31. The van der Waals surface area contributed by atoms with Gasteiger partial charge >= 0.3 is 0 Å². The molecule has 0 amide bonds. The van der Waals surface area contributed by atoms with Crippen LogP contribution in [0.5, 0.6) is 0 Å². The summed E-state index contributed by atoms with van der Waals surface area (Å²) in [7, 11) is -3.66. The van der Waals surface area contributed by atoms with Crippen molar-refractivity contribution in [3.8, 4) is 11.3 Å². The number of anilines is 1. The van der Waals surface area contributed by atoms with Gasteiger partial charge in [-0.15, -0.1) is 0 Å². The van der Waals surface area contributed by atoms with Crippen LogP contribution in [0.3, 0.4) is 0 Å². The SMILES string of the molecule is Cc1cc(-c2ccc(C(C)C)c(S(=O)(=O)N3CCN(c4cccc(Cl)c4)CC3)c2)on1. The topological polar surface area (TPSA) is 66.7 Å². The first kappa shape index (κ1) is 21.9. The van der Waals surface area contributed by atoms with Gasteiger partial charge in [-0.1, -0.05) is 48.8 Å². The summed E-state index contributed by atoms with van der Waals surface area (Å²) >= 11 is 6.11. The number of rotatable bonds is 5. The standard InChI is InChI=1S/C23H26ClN3O3S/c1-16(2)21-8-7-18(22-13-17(3)25-30-22)14-23(21)31(28,29)27-11-9-26(10-12-27)20-6-4-5-19(24)15-20/h4-8,13-16H,9-12H2,1-3H3. The predicted molar refractivity (Wildman–Crippen MR) is 123 cm³/mol. The molecule has 0 radical (unpaired) electrons. The Kier molecular flexibility index (Phi) is 6.10. The lowest BCUT2D eigenvalue weighted by atomic mass is 10.0. The Morgan fingerprint density at radius 3 is 2.39 bits per heavy atom. The van der Waals surface area contributed by atoms with Gasteiger partial charge in [-0.3, -0.25) is 0 Å². The van der Waals surface area contributed by atoms with Crippen molar-refractivity contribution in [1.29, 1.82) is 0 Å². The average molecular weight is 460 g/mol. The van der Waals surface area contributed by atoms with E-state index in [1.54, 1.807) is 10.4 Å². The van der Waals surface area contributed by atoms with Crippen molar-refractivity contribution in [3.05, 3.63) is 64.8 Å². The molecule has 0 N–H and O–H groups in total. The molecular weight excluding hydrogens is 434 g/mol. The molecule has 4 rings (SSSR count). The second-order valence-corrected chi connectivity index (χ2v) is 10.5. The molecule has 0 unspecified atom stereocenters. The molecule has 8 heteroatoms. The quantitative estimate of drug-likeness (QED) is 0.540. The second-order valence-electron chi connectivity index (χ2n) is 8.11. The van der Waals surface area contributed by atoms with Crippen LogP contribution in [0.25, 0.3) is 11.3 Å². The number of hydrogen-bond donors (Lipinski definition) is 0. The minimum atomic E-state index is -3.66. The third-order valence-corrected chi connectivity index (χ3v) is 7.77. The van der Waals surface area contributed by atoms with Crippen LogP contribution in [0, 0.1) is 6.92 Å². The van der Waals surface area contributed by atoms with E-state index in [4.69, 9.17) is 16.1 Å². The highest BCUT2D eigenvalue weighted by Crippen LogP contribution is 2.32. The molecule has 2 aromatic carbocycles. The first-order valence-electron chi connectivity index (χ1n) is 10.3. The van der Waals surface area contributed by atoms with Crippen molar-refractivity contribution in [2.45, 2.75) is 31.6 Å². The van der Waals surface area contributed by atoms with E-state index in [0.29, 0.717) is 47.4 Å². The second kappa shape index (κ2) is 8.65. The van der Waals surface area contributed by atoms with Gasteiger partial charge in [-0.2, -0.15) is 4.31 Å². The van der Waals surface area contributed by atoms with Crippen molar-refractivity contribution in [3.63, 3.8) is 0 Å². The largest absolute Gasteiger partial charge is 0.369 e. The summed E-state index contributed by atoms with van der Waals surface area (Å²) in [5.74, 6) is 0.637. The van der Waals surface area contributed by atoms with Crippen molar-refractivity contribution < 1.29 is 12.9 Å². The zero-order chi connectivity index (χ0) is 22.2. The summed E-state index contributed by atoms with van der Waals surface area (Å²) in [5, 5.41) is 4.60. The molecular formula is C23H26ClN3O3S. The number of aryl methyl sites for hydroxylation is 1. The number of aromatic nitrogens is 1. The molecule has 1 aromatic heterocycles. The van der Waals surface area contributed by atoms with Gasteiger partial charge in [0, 0.05) is 48.5 Å². The maximum Gasteiger partial charge on any atom is 0.243 e. The molecule has 1 aliphatic rings. The van der Waals surface area contributed by atoms with Gasteiger partial charge in [0.15, 0.2) is 5.76 Å². The molecule has 0 bridgehead atoms. The van der Waals surface area contributed by atoms with E-state index in [0.717, 1.165) is 16.9 Å². The smallest absolute Gasteiger partial charge is 0.243 e. The molecule has 0 atom stereocenters. The molecule has 1 saturated heterocycles. The van der Waals surface area contributed by atoms with Crippen LogP contribution in [0.15, 0.2) is 57.9 Å². The summed E-state index contributed by atoms with van der Waals surface area (Å²) in [6, 6.07) is 15.0. The summed E-state index contributed by atoms with van der Waals surface area (Å²) in [6.07, 6.45) is 0. The van der Waals surface area contributed by atoms with Gasteiger partial charge in [0.25, 0.3) is 0 Å². The Balaban J connectivity index is 1.62. The number of benzene rings is 2. The summed E-state index contributed by atoms with van der Waals surface area (Å²) < 4.78 is 34.2. The van der Waals surface area contributed by atoms with E-state index >= 15 is 0 Å². The number of hydrogen-bond acceptors (Lipinski definition) is 5. The summed E-state index contributed by atoms with van der Waals surface area (Å²) in [6.45, 7) is 7.89. The molecule has 2 heterocycles. The first-order valence-corrected chi connectivity index (χ1v) is 12.2. The zero-order valence-corrected chi connectivity index (χ0v) is 19.4. The molecule has 164 valence electrons. The molecule has 3 aromatic rings. The molecule has 0 spiro atoms. The molecule has 0 aliphatic carbocycles. The Morgan fingerprint density at radius 2 is 1.77 bits per heavy atom. The average Bonchev–Trinajstić information content (AvgIpc) is 3.19. The minimum absolute atomic E-state index is 0.0723. The van der Waals surface area contributed by atoms with Crippen molar-refractivity contribution in [2.75, 3.05) is 31.1 Å². The molecule has 31 heavy (non-hydrogen) atoms. The lowest BCUT2D eigenvalue weighted by Gasteiger charge is -2.36. The van der Waals surface area contributed by atoms with E-state index in [1.165, 1.54) is 0 Å². The van der Waals surface area contributed by atoms with Crippen LogP contribution in [-0.2, 0) is 10.0 Å². The normalized spacial score (nSPS) is 15.6. The zero-order valence-electron chi connectivity index (χ0n) is 17.9. The van der Waals surface area contributed by atoms with Gasteiger partial charge in [0.05, 0.1) is 10.6 Å². The predicted octanol–water partition coefficient (Wildman–Crippen LogP) is 4.94. The highest BCUT2D eigenvalue weighted by atomic mass is 35.5. The third-order valence-electron chi connectivity index (χ3n) is 5.58. The van der Waals surface area contributed by atoms with E-state index in [-0.39, 0.29) is 5.92 Å². The molecule has 1 fully saturated rings. The van der Waals surface area contributed by atoms with Crippen LogP contribution < -0.4 is 4.90 Å². The summed E-state index contributed by atoms with van der Waals surface area (Å²) in [5.41, 5.74) is 3.28. The minimum Gasteiger partial charge on any atom is -0.369 e. The fraction of sp³-hybridized carbons (Fsp3) is 0.348. The van der Waals surface area contributed by atoms with Crippen molar-refractivity contribution >= 4 is 27.3 Å². The Morgan fingerprint density at radius 1 is 1.03 bits per heavy atom. The molecule has 0 saturated carbocycles. The fourth-order valence-electron chi connectivity index (χ4n) is 3.89. The van der Waals surface area contributed by atoms with Crippen LogP contribution in [0.2, 0.25) is 5.02 Å². The maximum atomic E-state index is 13.6. The third kappa shape index (κ3) is 4.49. The number of halogens is 1. The maximum absolute atomic E-state index is 13.6. The van der Waals surface area contributed by atoms with Gasteiger partial charge in [0.1, 0.15) is 0 Å². The number of nitrogens with zero attached hydrogens (tertiary/aromatic N) is 3. The van der Waals surface area contributed by atoms with Crippen LogP contribution >= 0.6 is 11.6 Å².